The highest BCUT2D eigenvalue weighted by Gasteiger charge is 2.25. The van der Waals surface area contributed by atoms with Crippen molar-refractivity contribution in [1.82, 2.24) is 16.0 Å². The van der Waals surface area contributed by atoms with Gasteiger partial charge in [0.05, 0.1) is 6.10 Å². The summed E-state index contributed by atoms with van der Waals surface area (Å²) in [7, 11) is 0. The molecular formula is C16H24ClN3O3. The van der Waals surface area contributed by atoms with E-state index < -0.39 is 6.10 Å². The van der Waals surface area contributed by atoms with E-state index in [1.165, 1.54) is 0 Å². The van der Waals surface area contributed by atoms with Crippen molar-refractivity contribution < 1.29 is 14.7 Å². The fraction of sp³-hybridized carbons (Fsp3) is 0.500. The average Bonchev–Trinajstić information content (AvgIpc) is 2.95. The highest BCUT2D eigenvalue weighted by molar-refractivity contribution is 5.99. The van der Waals surface area contributed by atoms with E-state index in [9.17, 15) is 14.7 Å². The first-order chi connectivity index (χ1) is 10.6. The molecule has 0 aliphatic carbocycles. The Morgan fingerprint density at radius 3 is 2.43 bits per heavy atom. The number of halogens is 1. The van der Waals surface area contributed by atoms with Gasteiger partial charge in [-0.3, -0.25) is 9.59 Å². The molecule has 2 atom stereocenters. The Morgan fingerprint density at radius 1 is 1.22 bits per heavy atom. The van der Waals surface area contributed by atoms with E-state index in [1.807, 2.05) is 6.92 Å². The van der Waals surface area contributed by atoms with Gasteiger partial charge in [-0.25, -0.2) is 0 Å². The minimum absolute atomic E-state index is 0. The van der Waals surface area contributed by atoms with Crippen molar-refractivity contribution in [3.8, 4) is 0 Å². The Bertz CT molecular complexity index is 539. The SMILES string of the molecule is CCCNC(=O)c1cccc(C(=O)NCC2CNCC2O)c1.Cl. The van der Waals surface area contributed by atoms with Crippen LogP contribution in [-0.2, 0) is 0 Å². The summed E-state index contributed by atoms with van der Waals surface area (Å²) in [5.41, 5.74) is 0.924. The molecule has 1 aromatic rings. The molecule has 1 saturated heterocycles. The molecule has 4 N–H and O–H groups in total. The second-order valence-corrected chi connectivity index (χ2v) is 5.53. The standard InChI is InChI=1S/C16H23N3O3.ClH/c1-2-6-18-15(21)11-4-3-5-12(7-11)16(22)19-9-13-8-17-10-14(13)20;/h3-5,7,13-14,17,20H,2,6,8-10H2,1H3,(H,18,21)(H,19,22);1H. The maximum atomic E-state index is 12.2. The summed E-state index contributed by atoms with van der Waals surface area (Å²) in [4.78, 5) is 24.1. The molecule has 2 amide bonds. The van der Waals surface area contributed by atoms with Crippen LogP contribution in [0.1, 0.15) is 34.1 Å². The van der Waals surface area contributed by atoms with E-state index in [0.717, 1.165) is 6.42 Å². The summed E-state index contributed by atoms with van der Waals surface area (Å²) in [6.45, 7) is 4.27. The molecule has 7 heteroatoms. The molecule has 6 nitrogen and oxygen atoms in total. The van der Waals surface area contributed by atoms with Gasteiger partial charge in [0.1, 0.15) is 0 Å². The maximum Gasteiger partial charge on any atom is 0.251 e. The Morgan fingerprint density at radius 2 is 1.87 bits per heavy atom. The van der Waals surface area contributed by atoms with Crippen LogP contribution in [0.25, 0.3) is 0 Å². The predicted octanol–water partition coefficient (Wildman–Crippen LogP) is 0.558. The first kappa shape index (κ1) is 19.4. The number of benzene rings is 1. The summed E-state index contributed by atoms with van der Waals surface area (Å²) >= 11 is 0. The largest absolute Gasteiger partial charge is 0.391 e. The van der Waals surface area contributed by atoms with Crippen LogP contribution in [0.5, 0.6) is 0 Å². The lowest BCUT2D eigenvalue weighted by Crippen LogP contribution is -2.34. The molecule has 1 aliphatic heterocycles. The molecule has 0 spiro atoms. The van der Waals surface area contributed by atoms with Crippen molar-refractivity contribution in [2.75, 3.05) is 26.2 Å². The number of carbonyl (C=O) groups excluding carboxylic acids is 2. The molecule has 2 rings (SSSR count). The average molecular weight is 342 g/mol. The summed E-state index contributed by atoms with van der Waals surface area (Å²) in [5, 5.41) is 18.4. The van der Waals surface area contributed by atoms with Crippen LogP contribution in [0, 0.1) is 5.92 Å². The van der Waals surface area contributed by atoms with Gasteiger partial charge in [0.15, 0.2) is 0 Å². The summed E-state index contributed by atoms with van der Waals surface area (Å²) in [6.07, 6.45) is 0.440. The third kappa shape index (κ3) is 5.49. The van der Waals surface area contributed by atoms with E-state index in [-0.39, 0.29) is 30.1 Å². The van der Waals surface area contributed by atoms with E-state index in [2.05, 4.69) is 16.0 Å². The quantitative estimate of drug-likeness (QED) is 0.608. The predicted molar refractivity (Wildman–Crippen MR) is 91.0 cm³/mol. The fourth-order valence-corrected chi connectivity index (χ4v) is 2.40. The first-order valence-corrected chi connectivity index (χ1v) is 7.67. The zero-order valence-corrected chi connectivity index (χ0v) is 14.0. The third-order valence-corrected chi connectivity index (χ3v) is 3.75. The molecule has 0 saturated carbocycles. The molecule has 0 aromatic heterocycles. The van der Waals surface area contributed by atoms with E-state index in [1.54, 1.807) is 24.3 Å². The van der Waals surface area contributed by atoms with Crippen molar-refractivity contribution in [1.29, 1.82) is 0 Å². The number of hydrogen-bond donors (Lipinski definition) is 4. The molecule has 1 aromatic carbocycles. The van der Waals surface area contributed by atoms with Crippen LogP contribution in [0.3, 0.4) is 0 Å². The number of rotatable bonds is 6. The second-order valence-electron chi connectivity index (χ2n) is 5.53. The Labute approximate surface area is 142 Å². The summed E-state index contributed by atoms with van der Waals surface area (Å²) in [6, 6.07) is 6.65. The Kier molecular flexibility index (Phi) is 8.02. The maximum absolute atomic E-state index is 12.2. The van der Waals surface area contributed by atoms with Crippen molar-refractivity contribution in [3.05, 3.63) is 35.4 Å². The molecule has 128 valence electrons. The van der Waals surface area contributed by atoms with Gasteiger partial charge in [0.2, 0.25) is 0 Å². The van der Waals surface area contributed by atoms with Crippen molar-refractivity contribution >= 4 is 24.2 Å². The van der Waals surface area contributed by atoms with Crippen LogP contribution >= 0.6 is 12.4 Å². The number of amides is 2. The Balaban J connectivity index is 0.00000264. The van der Waals surface area contributed by atoms with E-state index >= 15 is 0 Å². The molecule has 0 bridgehead atoms. The zero-order chi connectivity index (χ0) is 15.9. The fourth-order valence-electron chi connectivity index (χ4n) is 2.40. The Hall–Kier alpha value is -1.63. The smallest absolute Gasteiger partial charge is 0.251 e. The topological polar surface area (TPSA) is 90.5 Å². The van der Waals surface area contributed by atoms with Gasteiger partial charge in [-0.2, -0.15) is 0 Å². The number of carbonyl (C=O) groups is 2. The number of nitrogens with one attached hydrogen (secondary N) is 3. The monoisotopic (exact) mass is 341 g/mol. The first-order valence-electron chi connectivity index (χ1n) is 7.67. The van der Waals surface area contributed by atoms with Gasteiger partial charge in [-0.1, -0.05) is 13.0 Å². The van der Waals surface area contributed by atoms with Crippen LogP contribution in [0.15, 0.2) is 24.3 Å². The minimum Gasteiger partial charge on any atom is -0.391 e. The van der Waals surface area contributed by atoms with Crippen LogP contribution in [0.2, 0.25) is 0 Å². The summed E-state index contributed by atoms with van der Waals surface area (Å²) < 4.78 is 0. The molecule has 1 heterocycles. The summed E-state index contributed by atoms with van der Waals surface area (Å²) in [5.74, 6) is -0.379. The van der Waals surface area contributed by atoms with Crippen LogP contribution < -0.4 is 16.0 Å². The van der Waals surface area contributed by atoms with E-state index in [4.69, 9.17) is 0 Å². The van der Waals surface area contributed by atoms with Crippen LogP contribution in [0.4, 0.5) is 0 Å². The highest BCUT2D eigenvalue weighted by Crippen LogP contribution is 2.09. The molecular weight excluding hydrogens is 318 g/mol. The lowest BCUT2D eigenvalue weighted by molar-refractivity contribution is 0.0927. The minimum atomic E-state index is -0.425. The number of β-amino-alcohol motifs (C(OH)–C–C–N with tert-alkyl or cyclic N) is 1. The molecule has 0 radical (unpaired) electrons. The molecule has 1 fully saturated rings. The van der Waals surface area contributed by atoms with Gasteiger partial charge in [0, 0.05) is 43.2 Å². The highest BCUT2D eigenvalue weighted by atomic mass is 35.5. The van der Waals surface area contributed by atoms with Crippen molar-refractivity contribution in [2.24, 2.45) is 5.92 Å². The van der Waals surface area contributed by atoms with Gasteiger partial charge in [0.25, 0.3) is 11.8 Å². The number of aliphatic hydroxyl groups excluding tert-OH is 1. The zero-order valence-electron chi connectivity index (χ0n) is 13.2. The van der Waals surface area contributed by atoms with Gasteiger partial charge >= 0.3 is 0 Å². The molecule has 23 heavy (non-hydrogen) atoms. The van der Waals surface area contributed by atoms with Crippen molar-refractivity contribution in [3.63, 3.8) is 0 Å². The lowest BCUT2D eigenvalue weighted by Gasteiger charge is -2.14. The lowest BCUT2D eigenvalue weighted by atomic mass is 10.1. The number of aliphatic hydroxyl groups is 1. The van der Waals surface area contributed by atoms with Gasteiger partial charge in [-0.05, 0) is 24.6 Å². The third-order valence-electron chi connectivity index (χ3n) is 3.75. The second kappa shape index (κ2) is 9.50. The van der Waals surface area contributed by atoms with Gasteiger partial charge in [-0.15, -0.1) is 12.4 Å². The molecule has 1 aliphatic rings. The normalized spacial score (nSPS) is 19.7. The van der Waals surface area contributed by atoms with E-state index in [0.29, 0.717) is 37.3 Å². The van der Waals surface area contributed by atoms with Crippen molar-refractivity contribution in [2.45, 2.75) is 19.4 Å². The molecule has 2 unspecified atom stereocenters. The number of hydrogen-bond acceptors (Lipinski definition) is 4. The van der Waals surface area contributed by atoms with Crippen LogP contribution in [-0.4, -0.2) is 49.2 Å². The van der Waals surface area contributed by atoms with Gasteiger partial charge < -0.3 is 21.1 Å².